The highest BCUT2D eigenvalue weighted by Crippen LogP contribution is 2.30. The number of hydrogen-bond acceptors (Lipinski definition) is 1. The largest absolute Gasteiger partial charge is 0.299 e. The molecule has 0 aromatic heterocycles. The van der Waals surface area contributed by atoms with E-state index in [2.05, 4.69) is 0 Å². The predicted molar refractivity (Wildman–Crippen MR) is 62.2 cm³/mol. The van der Waals surface area contributed by atoms with Crippen LogP contribution in [0.1, 0.15) is 43.6 Å². The first-order valence-corrected chi connectivity index (χ1v) is 6.04. The van der Waals surface area contributed by atoms with Gasteiger partial charge in [-0.3, -0.25) is 4.79 Å². The second kappa shape index (κ2) is 4.96. The van der Waals surface area contributed by atoms with Gasteiger partial charge in [-0.1, -0.05) is 30.5 Å². The van der Waals surface area contributed by atoms with E-state index in [0.29, 0.717) is 6.42 Å². The minimum absolute atomic E-state index is 0.116. The third-order valence-corrected chi connectivity index (χ3v) is 3.46. The standard InChI is InChI=1S/C13H14ClFO/c14-11-7-6-9(8-12(11)15)10-4-2-1-3-5-13(10)16/h6-8,10H,1-5H2. The van der Waals surface area contributed by atoms with Gasteiger partial charge in [-0.15, -0.1) is 0 Å². The second-order valence-electron chi connectivity index (χ2n) is 4.29. The van der Waals surface area contributed by atoms with Gasteiger partial charge in [0, 0.05) is 12.3 Å². The van der Waals surface area contributed by atoms with E-state index in [4.69, 9.17) is 11.6 Å². The van der Waals surface area contributed by atoms with Crippen molar-refractivity contribution >= 4 is 17.4 Å². The molecular formula is C13H14ClFO. The zero-order valence-corrected chi connectivity index (χ0v) is 9.77. The van der Waals surface area contributed by atoms with E-state index in [9.17, 15) is 9.18 Å². The Hall–Kier alpha value is -0.890. The maximum absolute atomic E-state index is 13.3. The topological polar surface area (TPSA) is 17.1 Å². The van der Waals surface area contributed by atoms with Crippen molar-refractivity contribution in [3.63, 3.8) is 0 Å². The quantitative estimate of drug-likeness (QED) is 0.676. The molecule has 86 valence electrons. The van der Waals surface area contributed by atoms with E-state index in [0.717, 1.165) is 31.2 Å². The van der Waals surface area contributed by atoms with Crippen LogP contribution in [0.25, 0.3) is 0 Å². The molecule has 1 unspecified atom stereocenters. The highest BCUT2D eigenvalue weighted by molar-refractivity contribution is 6.30. The third kappa shape index (κ3) is 2.43. The first kappa shape index (κ1) is 11.6. The normalized spacial score (nSPS) is 21.9. The van der Waals surface area contributed by atoms with Crippen LogP contribution >= 0.6 is 11.6 Å². The Kier molecular flexibility index (Phi) is 3.59. The van der Waals surface area contributed by atoms with Gasteiger partial charge >= 0.3 is 0 Å². The maximum Gasteiger partial charge on any atom is 0.142 e. The Labute approximate surface area is 99.6 Å². The average Bonchev–Trinajstić information content (AvgIpc) is 2.47. The van der Waals surface area contributed by atoms with Crippen LogP contribution in [0.2, 0.25) is 5.02 Å². The Balaban J connectivity index is 2.27. The number of Topliss-reactive ketones (excluding diaryl/α,β-unsaturated/α-hetero) is 1. The van der Waals surface area contributed by atoms with Crippen LogP contribution in [-0.4, -0.2) is 5.78 Å². The average molecular weight is 241 g/mol. The molecule has 1 aliphatic carbocycles. The molecule has 2 rings (SSSR count). The molecule has 1 aromatic carbocycles. The molecule has 3 heteroatoms. The molecule has 0 aliphatic heterocycles. The van der Waals surface area contributed by atoms with Gasteiger partial charge in [-0.2, -0.15) is 0 Å². The van der Waals surface area contributed by atoms with E-state index < -0.39 is 5.82 Å². The van der Waals surface area contributed by atoms with Crippen molar-refractivity contribution in [2.75, 3.05) is 0 Å². The van der Waals surface area contributed by atoms with Gasteiger partial charge in [-0.25, -0.2) is 4.39 Å². The smallest absolute Gasteiger partial charge is 0.142 e. The van der Waals surface area contributed by atoms with E-state index >= 15 is 0 Å². The van der Waals surface area contributed by atoms with Crippen LogP contribution in [0, 0.1) is 5.82 Å². The molecule has 1 fully saturated rings. The van der Waals surface area contributed by atoms with Crippen LogP contribution < -0.4 is 0 Å². The molecule has 16 heavy (non-hydrogen) atoms. The zero-order valence-electron chi connectivity index (χ0n) is 9.01. The van der Waals surface area contributed by atoms with Crippen LogP contribution in [-0.2, 0) is 4.79 Å². The Morgan fingerprint density at radius 3 is 2.81 bits per heavy atom. The number of carbonyl (C=O) groups is 1. The SMILES string of the molecule is O=C1CCCCCC1c1ccc(Cl)c(F)c1. The van der Waals surface area contributed by atoms with Crippen molar-refractivity contribution in [1.29, 1.82) is 0 Å². The zero-order chi connectivity index (χ0) is 11.5. The van der Waals surface area contributed by atoms with Crippen LogP contribution in [0.5, 0.6) is 0 Å². The summed E-state index contributed by atoms with van der Waals surface area (Å²) >= 11 is 5.63. The molecule has 0 amide bonds. The van der Waals surface area contributed by atoms with Gasteiger partial charge in [0.2, 0.25) is 0 Å². The molecule has 0 spiro atoms. The molecule has 1 saturated carbocycles. The van der Waals surface area contributed by atoms with Gasteiger partial charge in [0.05, 0.1) is 5.02 Å². The number of rotatable bonds is 1. The van der Waals surface area contributed by atoms with Crippen molar-refractivity contribution in [2.45, 2.75) is 38.0 Å². The van der Waals surface area contributed by atoms with Crippen molar-refractivity contribution < 1.29 is 9.18 Å². The van der Waals surface area contributed by atoms with E-state index in [1.165, 1.54) is 12.1 Å². The Morgan fingerprint density at radius 2 is 2.06 bits per heavy atom. The first-order chi connectivity index (χ1) is 7.68. The minimum Gasteiger partial charge on any atom is -0.299 e. The highest BCUT2D eigenvalue weighted by atomic mass is 35.5. The van der Waals surface area contributed by atoms with Gasteiger partial charge < -0.3 is 0 Å². The Morgan fingerprint density at radius 1 is 1.25 bits per heavy atom. The van der Waals surface area contributed by atoms with Crippen molar-refractivity contribution in [1.82, 2.24) is 0 Å². The summed E-state index contributed by atoms with van der Waals surface area (Å²) < 4.78 is 13.3. The monoisotopic (exact) mass is 240 g/mol. The van der Waals surface area contributed by atoms with E-state index in [-0.39, 0.29) is 16.7 Å². The number of benzene rings is 1. The van der Waals surface area contributed by atoms with Gasteiger partial charge in [0.1, 0.15) is 11.6 Å². The summed E-state index contributed by atoms with van der Waals surface area (Å²) in [6, 6.07) is 4.69. The summed E-state index contributed by atoms with van der Waals surface area (Å²) in [5.74, 6) is -0.329. The van der Waals surface area contributed by atoms with Gasteiger partial charge in [-0.05, 0) is 30.5 Å². The molecule has 1 atom stereocenters. The summed E-state index contributed by atoms with van der Waals surface area (Å²) in [5, 5.41) is 0.116. The number of hydrogen-bond donors (Lipinski definition) is 0. The Bertz CT molecular complexity index is 403. The molecule has 0 saturated heterocycles. The fraction of sp³-hybridized carbons (Fsp3) is 0.462. The third-order valence-electron chi connectivity index (χ3n) is 3.15. The number of carbonyl (C=O) groups excluding carboxylic acids is 1. The summed E-state index contributed by atoms with van der Waals surface area (Å²) in [7, 11) is 0. The molecule has 0 radical (unpaired) electrons. The number of ketones is 1. The summed E-state index contributed by atoms with van der Waals surface area (Å²) in [6.07, 6.45) is 4.55. The lowest BCUT2D eigenvalue weighted by atomic mass is 9.91. The van der Waals surface area contributed by atoms with E-state index in [1.54, 1.807) is 6.07 Å². The molecule has 0 bridgehead atoms. The van der Waals surface area contributed by atoms with Crippen molar-refractivity contribution in [3.05, 3.63) is 34.6 Å². The lowest BCUT2D eigenvalue weighted by molar-refractivity contribution is -0.120. The fourth-order valence-corrected chi connectivity index (χ4v) is 2.36. The molecule has 1 aromatic rings. The van der Waals surface area contributed by atoms with Gasteiger partial charge in [0.25, 0.3) is 0 Å². The lowest BCUT2D eigenvalue weighted by Gasteiger charge is -2.13. The summed E-state index contributed by atoms with van der Waals surface area (Å²) in [5.41, 5.74) is 0.772. The second-order valence-corrected chi connectivity index (χ2v) is 4.70. The minimum atomic E-state index is -0.434. The maximum atomic E-state index is 13.3. The lowest BCUT2D eigenvalue weighted by Crippen LogP contribution is -2.10. The molecule has 0 N–H and O–H groups in total. The van der Waals surface area contributed by atoms with Crippen LogP contribution in [0.15, 0.2) is 18.2 Å². The number of halogens is 2. The van der Waals surface area contributed by atoms with Crippen LogP contribution in [0.3, 0.4) is 0 Å². The van der Waals surface area contributed by atoms with Crippen molar-refractivity contribution in [2.24, 2.45) is 0 Å². The molecular weight excluding hydrogens is 227 g/mol. The van der Waals surface area contributed by atoms with E-state index in [1.807, 2.05) is 0 Å². The molecule has 0 heterocycles. The fourth-order valence-electron chi connectivity index (χ4n) is 2.24. The molecule has 1 nitrogen and oxygen atoms in total. The molecule has 1 aliphatic rings. The summed E-state index contributed by atoms with van der Waals surface area (Å²) in [4.78, 5) is 11.9. The van der Waals surface area contributed by atoms with Crippen molar-refractivity contribution in [3.8, 4) is 0 Å². The van der Waals surface area contributed by atoms with Gasteiger partial charge in [0.15, 0.2) is 0 Å². The predicted octanol–water partition coefficient (Wildman–Crippen LogP) is 4.10. The van der Waals surface area contributed by atoms with Crippen LogP contribution in [0.4, 0.5) is 4.39 Å². The first-order valence-electron chi connectivity index (χ1n) is 5.66. The highest BCUT2D eigenvalue weighted by Gasteiger charge is 2.22. The summed E-state index contributed by atoms with van der Waals surface area (Å²) in [6.45, 7) is 0.